The third-order valence-corrected chi connectivity index (χ3v) is 4.16. The molecule has 1 fully saturated rings. The lowest BCUT2D eigenvalue weighted by molar-refractivity contribution is -0.138. The second-order valence-electron chi connectivity index (χ2n) is 5.77. The predicted molar refractivity (Wildman–Crippen MR) is 84.5 cm³/mol. The monoisotopic (exact) mass is 319 g/mol. The van der Waals surface area contributed by atoms with E-state index in [0.29, 0.717) is 31.9 Å². The van der Waals surface area contributed by atoms with Crippen LogP contribution in [0.2, 0.25) is 0 Å². The van der Waals surface area contributed by atoms with E-state index in [1.807, 2.05) is 25.1 Å². The number of rotatable bonds is 3. The third kappa shape index (κ3) is 3.33. The van der Waals surface area contributed by atoms with Gasteiger partial charge in [-0.1, -0.05) is 0 Å². The molecular weight excluding hydrogens is 298 g/mol. The molecule has 0 radical (unpaired) electrons. The molecule has 1 saturated heterocycles. The lowest BCUT2D eigenvalue weighted by atomic mass is 10.2. The van der Waals surface area contributed by atoms with Crippen LogP contribution in [0.1, 0.15) is 13.8 Å². The van der Waals surface area contributed by atoms with Crippen LogP contribution in [0.3, 0.4) is 0 Å². The molecule has 2 amide bonds. The maximum Gasteiger partial charge on any atom is 0.244 e. The molecule has 23 heavy (non-hydrogen) atoms. The molecule has 1 aromatic rings. The predicted octanol–water partition coefficient (Wildman–Crippen LogP) is 0.906. The Labute approximate surface area is 135 Å². The Morgan fingerprint density at radius 1 is 1.09 bits per heavy atom. The third-order valence-electron chi connectivity index (χ3n) is 4.16. The van der Waals surface area contributed by atoms with Gasteiger partial charge in [-0.15, -0.1) is 0 Å². The quantitative estimate of drug-likeness (QED) is 0.896. The number of carbonyl (C=O) groups is 2. The zero-order chi connectivity index (χ0) is 16.4. The summed E-state index contributed by atoms with van der Waals surface area (Å²) in [6, 6.07) is 5.18. The normalized spacial score (nSPS) is 17.8. The molecule has 0 bridgehead atoms. The van der Waals surface area contributed by atoms with Crippen molar-refractivity contribution in [2.45, 2.75) is 19.9 Å². The summed E-state index contributed by atoms with van der Waals surface area (Å²) in [4.78, 5) is 27.4. The Morgan fingerprint density at radius 3 is 2.43 bits per heavy atom. The van der Waals surface area contributed by atoms with Gasteiger partial charge in [-0.25, -0.2) is 0 Å². The van der Waals surface area contributed by atoms with Crippen molar-refractivity contribution in [3.05, 3.63) is 18.2 Å². The molecule has 7 nitrogen and oxygen atoms in total. The number of hydrogen-bond donors (Lipinski definition) is 1. The highest BCUT2D eigenvalue weighted by Crippen LogP contribution is 2.34. The van der Waals surface area contributed by atoms with E-state index >= 15 is 0 Å². The fraction of sp³-hybridized carbons (Fsp3) is 0.500. The van der Waals surface area contributed by atoms with Crippen molar-refractivity contribution >= 4 is 17.5 Å². The van der Waals surface area contributed by atoms with E-state index in [-0.39, 0.29) is 24.6 Å². The largest absolute Gasteiger partial charge is 0.454 e. The molecule has 0 aromatic heterocycles. The lowest BCUT2D eigenvalue weighted by Gasteiger charge is -2.35. The van der Waals surface area contributed by atoms with Crippen molar-refractivity contribution < 1.29 is 19.1 Å². The first kappa shape index (κ1) is 15.5. The molecule has 0 saturated carbocycles. The molecule has 0 aliphatic carbocycles. The standard InChI is InChI=1S/C16H21N3O4/c1-11(16(21)19-7-5-18(6-8-19)12(2)20)17-13-3-4-14-15(9-13)23-10-22-14/h3-4,9,11,17H,5-8,10H2,1-2H3. The van der Waals surface area contributed by atoms with Gasteiger partial charge in [-0.3, -0.25) is 9.59 Å². The van der Waals surface area contributed by atoms with Crippen molar-refractivity contribution in [1.82, 2.24) is 9.80 Å². The molecule has 2 aliphatic rings. The molecule has 0 spiro atoms. The summed E-state index contributed by atoms with van der Waals surface area (Å²) >= 11 is 0. The van der Waals surface area contributed by atoms with E-state index in [0.717, 1.165) is 11.4 Å². The molecule has 3 rings (SSSR count). The van der Waals surface area contributed by atoms with E-state index in [9.17, 15) is 9.59 Å². The van der Waals surface area contributed by atoms with Crippen LogP contribution in [0.25, 0.3) is 0 Å². The van der Waals surface area contributed by atoms with Crippen molar-refractivity contribution in [2.75, 3.05) is 38.3 Å². The summed E-state index contributed by atoms with van der Waals surface area (Å²) in [5.74, 6) is 1.49. The van der Waals surface area contributed by atoms with Crippen LogP contribution in [-0.2, 0) is 9.59 Å². The maximum absolute atomic E-state index is 12.5. The highest BCUT2D eigenvalue weighted by Gasteiger charge is 2.26. The smallest absolute Gasteiger partial charge is 0.244 e. The fourth-order valence-electron chi connectivity index (χ4n) is 2.81. The molecular formula is C16H21N3O4. The van der Waals surface area contributed by atoms with Crippen LogP contribution in [0, 0.1) is 0 Å². The van der Waals surface area contributed by atoms with Gasteiger partial charge in [-0.2, -0.15) is 0 Å². The van der Waals surface area contributed by atoms with Gasteiger partial charge in [0.25, 0.3) is 0 Å². The average molecular weight is 319 g/mol. The number of nitrogens with one attached hydrogen (secondary N) is 1. The summed E-state index contributed by atoms with van der Waals surface area (Å²) in [5.41, 5.74) is 0.817. The van der Waals surface area contributed by atoms with Crippen molar-refractivity contribution in [1.29, 1.82) is 0 Å². The molecule has 1 N–H and O–H groups in total. The molecule has 2 aliphatic heterocycles. The number of carbonyl (C=O) groups excluding carboxylic acids is 2. The highest BCUT2D eigenvalue weighted by atomic mass is 16.7. The first-order chi connectivity index (χ1) is 11.0. The van der Waals surface area contributed by atoms with Crippen LogP contribution in [0.5, 0.6) is 11.5 Å². The Hall–Kier alpha value is -2.44. The van der Waals surface area contributed by atoms with Gasteiger partial charge < -0.3 is 24.6 Å². The summed E-state index contributed by atoms with van der Waals surface area (Å²) in [6.45, 7) is 5.96. The molecule has 1 unspecified atom stereocenters. The minimum atomic E-state index is -0.348. The lowest BCUT2D eigenvalue weighted by Crippen LogP contribution is -2.53. The van der Waals surface area contributed by atoms with Crippen molar-refractivity contribution in [3.63, 3.8) is 0 Å². The summed E-state index contributed by atoms with van der Waals surface area (Å²) in [6.07, 6.45) is 0. The zero-order valence-electron chi connectivity index (χ0n) is 13.4. The van der Waals surface area contributed by atoms with Crippen molar-refractivity contribution in [2.24, 2.45) is 0 Å². The molecule has 1 atom stereocenters. The van der Waals surface area contributed by atoms with E-state index in [4.69, 9.17) is 9.47 Å². The van der Waals surface area contributed by atoms with Crippen LogP contribution in [0.4, 0.5) is 5.69 Å². The second-order valence-corrected chi connectivity index (χ2v) is 5.77. The first-order valence-electron chi connectivity index (χ1n) is 7.75. The maximum atomic E-state index is 12.5. The zero-order valence-corrected chi connectivity index (χ0v) is 13.4. The number of fused-ring (bicyclic) bond motifs is 1. The number of amides is 2. The van der Waals surface area contributed by atoms with Crippen molar-refractivity contribution in [3.8, 4) is 11.5 Å². The number of nitrogens with zero attached hydrogens (tertiary/aromatic N) is 2. The highest BCUT2D eigenvalue weighted by molar-refractivity contribution is 5.85. The van der Waals surface area contributed by atoms with Crippen LogP contribution >= 0.6 is 0 Å². The molecule has 1 aromatic carbocycles. The minimum absolute atomic E-state index is 0.0332. The Bertz CT molecular complexity index is 611. The molecule has 7 heteroatoms. The minimum Gasteiger partial charge on any atom is -0.454 e. The second kappa shape index (κ2) is 6.36. The van der Waals surface area contributed by atoms with Crippen LogP contribution < -0.4 is 14.8 Å². The fourth-order valence-corrected chi connectivity index (χ4v) is 2.81. The van der Waals surface area contributed by atoms with E-state index < -0.39 is 0 Å². The van der Waals surface area contributed by atoms with E-state index in [1.165, 1.54) is 0 Å². The van der Waals surface area contributed by atoms with Gasteiger partial charge in [0.15, 0.2) is 11.5 Å². The summed E-state index contributed by atoms with van der Waals surface area (Å²) < 4.78 is 10.6. The number of ether oxygens (including phenoxy) is 2. The van der Waals surface area contributed by atoms with Crippen LogP contribution in [0.15, 0.2) is 18.2 Å². The van der Waals surface area contributed by atoms with Gasteiger partial charge in [0, 0.05) is 44.9 Å². The topological polar surface area (TPSA) is 71.1 Å². The molecule has 2 heterocycles. The Kier molecular flexibility index (Phi) is 4.27. The number of benzene rings is 1. The summed E-state index contributed by atoms with van der Waals surface area (Å²) in [5, 5.41) is 3.20. The number of anilines is 1. The van der Waals surface area contributed by atoms with Gasteiger partial charge >= 0.3 is 0 Å². The van der Waals surface area contributed by atoms with Gasteiger partial charge in [0.05, 0.1) is 0 Å². The van der Waals surface area contributed by atoms with Gasteiger partial charge in [0.2, 0.25) is 18.6 Å². The number of piperazine rings is 1. The Balaban J connectivity index is 1.57. The van der Waals surface area contributed by atoms with Crippen LogP contribution in [-0.4, -0.2) is 60.6 Å². The van der Waals surface area contributed by atoms with Gasteiger partial charge in [-0.05, 0) is 19.1 Å². The average Bonchev–Trinajstić information content (AvgIpc) is 3.01. The van der Waals surface area contributed by atoms with E-state index in [2.05, 4.69) is 5.32 Å². The SMILES string of the molecule is CC(=O)N1CCN(C(=O)C(C)Nc2ccc3c(c2)OCO3)CC1. The first-order valence-corrected chi connectivity index (χ1v) is 7.75. The molecule has 124 valence electrons. The van der Waals surface area contributed by atoms with E-state index in [1.54, 1.807) is 16.7 Å². The number of hydrogen-bond acceptors (Lipinski definition) is 5. The Morgan fingerprint density at radius 2 is 1.74 bits per heavy atom. The van der Waals surface area contributed by atoms with Gasteiger partial charge in [0.1, 0.15) is 6.04 Å². The summed E-state index contributed by atoms with van der Waals surface area (Å²) in [7, 11) is 0.